The second-order valence-corrected chi connectivity index (χ2v) is 8.25. The molecular weight excluding hydrogens is 418 g/mol. The lowest BCUT2D eigenvalue weighted by molar-refractivity contribution is -0.290. The van der Waals surface area contributed by atoms with Crippen LogP contribution in [0.25, 0.3) is 0 Å². The Morgan fingerprint density at radius 3 is 2.12 bits per heavy atom. The number of hydrogen-bond donors (Lipinski definition) is 1. The van der Waals surface area contributed by atoms with Gasteiger partial charge in [0.1, 0.15) is 11.6 Å². The zero-order valence-electron chi connectivity index (χ0n) is 21.3. The lowest BCUT2D eigenvalue weighted by Crippen LogP contribution is -2.50. The first-order valence-electron chi connectivity index (χ1n) is 12.9. The fourth-order valence-corrected chi connectivity index (χ4v) is 3.98. The molecule has 1 rings (SSSR count). The van der Waals surface area contributed by atoms with Crippen molar-refractivity contribution in [2.75, 3.05) is 32.9 Å². The van der Waals surface area contributed by atoms with Crippen molar-refractivity contribution in [3.63, 3.8) is 0 Å². The molecule has 0 atom stereocenters. The third-order valence-corrected chi connectivity index (χ3v) is 5.71. The van der Waals surface area contributed by atoms with Crippen LogP contribution in [0.2, 0.25) is 0 Å². The maximum atomic E-state index is 12.4. The number of likely N-dealkylation sites (N-methyl/N-ethyl adjacent to an activating group) is 1. The molecule has 1 fully saturated rings. The number of carbonyl (C=O) groups excluding carboxylic acids is 1. The number of ether oxygens (including phenoxy) is 3. The number of rotatable bonds is 18. The van der Waals surface area contributed by atoms with E-state index in [4.69, 9.17) is 14.2 Å². The van der Waals surface area contributed by atoms with Crippen molar-refractivity contribution < 1.29 is 19.0 Å². The smallest absolute Gasteiger partial charge is 0.290 e. The lowest BCUT2D eigenvalue weighted by atomic mass is 10.1. The average Bonchev–Trinajstić information content (AvgIpc) is 3.15. The van der Waals surface area contributed by atoms with Gasteiger partial charge in [0.25, 0.3) is 11.8 Å². The number of nitrogens with one attached hydrogen (secondary N) is 1. The fourth-order valence-electron chi connectivity index (χ4n) is 3.98. The second-order valence-electron chi connectivity index (χ2n) is 8.25. The van der Waals surface area contributed by atoms with E-state index in [-0.39, 0.29) is 18.1 Å². The Kier molecular flexibility index (Phi) is 15.3. The molecule has 0 spiro atoms. The third kappa shape index (κ3) is 10.2. The van der Waals surface area contributed by atoms with Gasteiger partial charge in [-0.25, -0.2) is 0 Å². The first-order chi connectivity index (χ1) is 16.1. The highest BCUT2D eigenvalue weighted by atomic mass is 16.8. The topological polar surface area (TPSA) is 83.8 Å². The van der Waals surface area contributed by atoms with Crippen LogP contribution in [0.3, 0.4) is 0 Å². The molecule has 0 radical (unpaired) electrons. The summed E-state index contributed by atoms with van der Waals surface area (Å²) in [6.45, 7) is 10.4. The summed E-state index contributed by atoms with van der Waals surface area (Å²) >= 11 is 0. The molecule has 0 aliphatic carbocycles. The van der Waals surface area contributed by atoms with Gasteiger partial charge in [0.05, 0.1) is 0 Å². The lowest BCUT2D eigenvalue weighted by Gasteiger charge is -2.34. The zero-order valence-corrected chi connectivity index (χ0v) is 21.3. The number of nitriles is 1. The van der Waals surface area contributed by atoms with Crippen LogP contribution in [0.1, 0.15) is 91.9 Å². The maximum absolute atomic E-state index is 12.4. The van der Waals surface area contributed by atoms with E-state index in [2.05, 4.69) is 12.2 Å². The Morgan fingerprint density at radius 2 is 1.61 bits per heavy atom. The van der Waals surface area contributed by atoms with Gasteiger partial charge in [-0.1, -0.05) is 64.7 Å². The van der Waals surface area contributed by atoms with Gasteiger partial charge in [0.15, 0.2) is 12.5 Å². The second kappa shape index (κ2) is 17.4. The summed E-state index contributed by atoms with van der Waals surface area (Å²) in [5, 5.41) is 12.3. The first-order valence-corrected chi connectivity index (χ1v) is 12.9. The summed E-state index contributed by atoms with van der Waals surface area (Å²) in [4.78, 5) is 14.3. The summed E-state index contributed by atoms with van der Waals surface area (Å²) in [7, 11) is 0. The SMILES string of the molecule is CCCCCCCCCCCCNC(=O)/C(C#N)=C\C=C1\OCC(OCC)(OCC)N1CC. The van der Waals surface area contributed by atoms with Gasteiger partial charge in [0.2, 0.25) is 0 Å². The van der Waals surface area contributed by atoms with Crippen molar-refractivity contribution in [3.8, 4) is 6.07 Å². The van der Waals surface area contributed by atoms with Crippen molar-refractivity contribution in [2.45, 2.75) is 97.8 Å². The summed E-state index contributed by atoms with van der Waals surface area (Å²) in [6, 6.07) is 1.99. The molecule has 1 heterocycles. The number of hydrogen-bond acceptors (Lipinski definition) is 6. The molecule has 0 aromatic heterocycles. The van der Waals surface area contributed by atoms with Crippen LogP contribution in [0, 0.1) is 11.3 Å². The molecule has 1 N–H and O–H groups in total. The molecule has 0 aromatic carbocycles. The summed E-state index contributed by atoms with van der Waals surface area (Å²) in [6.07, 6.45) is 15.6. The normalized spacial score (nSPS) is 16.6. The summed E-state index contributed by atoms with van der Waals surface area (Å²) in [5.74, 6) is -0.801. The molecule has 0 saturated carbocycles. The molecule has 7 heteroatoms. The van der Waals surface area contributed by atoms with Crippen LogP contribution in [0.4, 0.5) is 0 Å². The molecular formula is C26H45N3O4. The third-order valence-electron chi connectivity index (χ3n) is 5.71. The van der Waals surface area contributed by atoms with E-state index in [0.29, 0.717) is 32.2 Å². The Balaban J connectivity index is 2.44. The standard InChI is InChI=1S/C26H45N3O4/c1-5-9-10-11-12-13-14-15-16-17-20-28-25(30)23(21-27)18-19-24-29(6-2)26(22-31-24,32-7-3)33-8-4/h18-19H,5-17,20,22H2,1-4H3,(H,28,30)/b23-18-,24-19+. The highest BCUT2D eigenvalue weighted by Crippen LogP contribution is 2.32. The van der Waals surface area contributed by atoms with Gasteiger partial charge in [0, 0.05) is 26.3 Å². The highest BCUT2D eigenvalue weighted by molar-refractivity contribution is 5.97. The van der Waals surface area contributed by atoms with Crippen molar-refractivity contribution in [1.29, 1.82) is 5.26 Å². The number of carbonyl (C=O) groups is 1. The van der Waals surface area contributed by atoms with E-state index in [1.165, 1.54) is 57.4 Å². The molecule has 1 aliphatic rings. The van der Waals surface area contributed by atoms with Crippen molar-refractivity contribution in [3.05, 3.63) is 23.6 Å². The van der Waals surface area contributed by atoms with Crippen LogP contribution in [-0.4, -0.2) is 49.6 Å². The number of allylic oxidation sites excluding steroid dienone is 2. The van der Waals surface area contributed by atoms with Gasteiger partial charge < -0.3 is 19.5 Å². The Labute approximate surface area is 201 Å². The van der Waals surface area contributed by atoms with Crippen LogP contribution in [-0.2, 0) is 19.0 Å². The number of nitrogens with zero attached hydrogens (tertiary/aromatic N) is 2. The quantitative estimate of drug-likeness (QED) is 0.127. The number of amides is 1. The monoisotopic (exact) mass is 463 g/mol. The minimum Gasteiger partial charge on any atom is -0.471 e. The molecule has 0 aromatic rings. The van der Waals surface area contributed by atoms with E-state index >= 15 is 0 Å². The minimum absolute atomic E-state index is 0.0551. The van der Waals surface area contributed by atoms with E-state index in [1.54, 1.807) is 6.08 Å². The predicted molar refractivity (Wildman–Crippen MR) is 131 cm³/mol. The van der Waals surface area contributed by atoms with Gasteiger partial charge >= 0.3 is 0 Å². The fraction of sp³-hybridized carbons (Fsp3) is 0.769. The summed E-state index contributed by atoms with van der Waals surface area (Å²) in [5.41, 5.74) is 0.0551. The molecule has 1 amide bonds. The number of unbranched alkanes of at least 4 members (excludes halogenated alkanes) is 9. The van der Waals surface area contributed by atoms with Gasteiger partial charge in [-0.3, -0.25) is 9.69 Å². The molecule has 1 aliphatic heterocycles. The summed E-state index contributed by atoms with van der Waals surface area (Å²) < 4.78 is 17.5. The Morgan fingerprint density at radius 1 is 1.03 bits per heavy atom. The molecule has 1 saturated heterocycles. The van der Waals surface area contributed by atoms with Crippen molar-refractivity contribution >= 4 is 5.91 Å². The van der Waals surface area contributed by atoms with E-state index < -0.39 is 5.91 Å². The van der Waals surface area contributed by atoms with Gasteiger partial charge in [-0.2, -0.15) is 5.26 Å². The first kappa shape index (κ1) is 29.0. The Bertz CT molecular complexity index is 648. The molecule has 0 unspecified atom stereocenters. The minimum atomic E-state index is -0.970. The van der Waals surface area contributed by atoms with Crippen molar-refractivity contribution in [1.82, 2.24) is 10.2 Å². The molecule has 33 heavy (non-hydrogen) atoms. The maximum Gasteiger partial charge on any atom is 0.290 e. The molecule has 0 bridgehead atoms. The van der Waals surface area contributed by atoms with E-state index in [0.717, 1.165) is 12.8 Å². The Hall–Kier alpha value is -2.04. The van der Waals surface area contributed by atoms with Crippen LogP contribution in [0.5, 0.6) is 0 Å². The van der Waals surface area contributed by atoms with Crippen LogP contribution >= 0.6 is 0 Å². The van der Waals surface area contributed by atoms with Crippen LogP contribution < -0.4 is 5.32 Å². The van der Waals surface area contributed by atoms with E-state index in [1.807, 2.05) is 31.7 Å². The zero-order chi connectivity index (χ0) is 24.4. The molecule has 188 valence electrons. The average molecular weight is 464 g/mol. The predicted octanol–water partition coefficient (Wildman–Crippen LogP) is 5.39. The van der Waals surface area contributed by atoms with Crippen molar-refractivity contribution in [2.24, 2.45) is 0 Å². The van der Waals surface area contributed by atoms with E-state index in [9.17, 15) is 10.1 Å². The highest BCUT2D eigenvalue weighted by Gasteiger charge is 2.46. The van der Waals surface area contributed by atoms with Gasteiger partial charge in [-0.15, -0.1) is 0 Å². The van der Waals surface area contributed by atoms with Gasteiger partial charge in [-0.05, 0) is 39.3 Å². The molecule has 7 nitrogen and oxygen atoms in total. The largest absolute Gasteiger partial charge is 0.471 e. The van der Waals surface area contributed by atoms with Crippen LogP contribution in [0.15, 0.2) is 23.6 Å².